The number of nitrogens with zero attached hydrogens (tertiary/aromatic N) is 2. The van der Waals surface area contributed by atoms with Crippen LogP contribution in [0.3, 0.4) is 0 Å². The van der Waals surface area contributed by atoms with E-state index in [2.05, 4.69) is 10.3 Å². The lowest BCUT2D eigenvalue weighted by atomic mass is 10.0. The minimum absolute atomic E-state index is 0.0793. The molecule has 0 saturated carbocycles. The average molecular weight is 570 g/mol. The van der Waals surface area contributed by atoms with Crippen LogP contribution in [0.2, 0.25) is 0 Å². The first-order chi connectivity index (χ1) is 18.5. The molecule has 0 unspecified atom stereocenters. The molecule has 0 atom stereocenters. The highest BCUT2D eigenvalue weighted by Crippen LogP contribution is 2.40. The highest BCUT2D eigenvalue weighted by Gasteiger charge is 2.46. The van der Waals surface area contributed by atoms with Crippen LogP contribution in [0.5, 0.6) is 5.75 Å². The summed E-state index contributed by atoms with van der Waals surface area (Å²) in [4.78, 5) is 30.1. The molecular formula is C27H28F5N3O5. The van der Waals surface area contributed by atoms with Gasteiger partial charge in [-0.05, 0) is 70.9 Å². The minimum Gasteiger partial charge on any atom is -0.461 e. The van der Waals surface area contributed by atoms with Gasteiger partial charge in [-0.3, -0.25) is 9.78 Å². The van der Waals surface area contributed by atoms with Gasteiger partial charge in [-0.15, -0.1) is 0 Å². The fraction of sp³-hybridized carbons (Fsp3) is 0.444. The number of alkyl halides is 5. The Bertz CT molecular complexity index is 1410. The van der Waals surface area contributed by atoms with Crippen molar-refractivity contribution < 1.29 is 45.4 Å². The number of hydrogen-bond acceptors (Lipinski definition) is 6. The van der Waals surface area contributed by atoms with Gasteiger partial charge in [0.2, 0.25) is 0 Å². The molecule has 216 valence electrons. The predicted octanol–water partition coefficient (Wildman–Crippen LogP) is 6.41. The quantitative estimate of drug-likeness (QED) is 0.357. The van der Waals surface area contributed by atoms with Crippen LogP contribution in [0.15, 0.2) is 40.9 Å². The molecule has 1 N–H and O–H groups in total. The SMILES string of the molecule is Cc1oc2ccc(OC(F)(F)c3cccnc3C(F)(F)F)cc2c1C(=O)NC1CCN(C(=O)OC(C)(C)C)CC1. The summed E-state index contributed by atoms with van der Waals surface area (Å²) in [5.41, 5.74) is -3.56. The van der Waals surface area contributed by atoms with Gasteiger partial charge in [0.05, 0.1) is 11.1 Å². The van der Waals surface area contributed by atoms with Crippen LogP contribution >= 0.6 is 0 Å². The van der Waals surface area contributed by atoms with Gasteiger partial charge in [0, 0.05) is 30.7 Å². The number of aryl methyl sites for hydroxylation is 1. The largest absolute Gasteiger partial charge is 0.461 e. The van der Waals surface area contributed by atoms with Crippen molar-refractivity contribution in [1.29, 1.82) is 0 Å². The lowest BCUT2D eigenvalue weighted by Gasteiger charge is -2.33. The van der Waals surface area contributed by atoms with Gasteiger partial charge in [0.1, 0.15) is 22.7 Å². The van der Waals surface area contributed by atoms with E-state index >= 15 is 0 Å². The molecule has 40 heavy (non-hydrogen) atoms. The maximum Gasteiger partial charge on any atom is 0.433 e. The van der Waals surface area contributed by atoms with E-state index in [1.807, 2.05) is 0 Å². The maximum atomic E-state index is 14.9. The molecule has 1 aromatic carbocycles. The number of pyridine rings is 1. The second-order valence-corrected chi connectivity index (χ2v) is 10.4. The van der Waals surface area contributed by atoms with Gasteiger partial charge in [-0.2, -0.15) is 22.0 Å². The number of hydrogen-bond donors (Lipinski definition) is 1. The summed E-state index contributed by atoms with van der Waals surface area (Å²) in [5, 5.41) is 3.03. The van der Waals surface area contributed by atoms with Crippen LogP contribution in [0.4, 0.5) is 26.7 Å². The summed E-state index contributed by atoms with van der Waals surface area (Å²) in [5.74, 6) is -0.785. The molecule has 2 amide bonds. The molecule has 1 fully saturated rings. The van der Waals surface area contributed by atoms with E-state index in [-0.39, 0.29) is 28.3 Å². The molecule has 4 rings (SSSR count). The summed E-state index contributed by atoms with van der Waals surface area (Å²) in [6, 6.07) is 4.78. The molecular weight excluding hydrogens is 541 g/mol. The van der Waals surface area contributed by atoms with E-state index in [0.717, 1.165) is 24.4 Å². The van der Waals surface area contributed by atoms with Crippen molar-refractivity contribution in [3.63, 3.8) is 0 Å². The Morgan fingerprint density at radius 1 is 1.07 bits per heavy atom. The van der Waals surface area contributed by atoms with Gasteiger partial charge in [0.15, 0.2) is 5.69 Å². The van der Waals surface area contributed by atoms with E-state index in [4.69, 9.17) is 13.9 Å². The van der Waals surface area contributed by atoms with Crippen molar-refractivity contribution in [1.82, 2.24) is 15.2 Å². The number of aromatic nitrogens is 1. The fourth-order valence-corrected chi connectivity index (χ4v) is 4.40. The van der Waals surface area contributed by atoms with Crippen LogP contribution < -0.4 is 10.1 Å². The molecule has 0 aliphatic carbocycles. The Labute approximate surface area is 226 Å². The molecule has 3 heterocycles. The summed E-state index contributed by atoms with van der Waals surface area (Å²) >= 11 is 0. The Balaban J connectivity index is 1.50. The molecule has 8 nitrogen and oxygen atoms in total. The molecule has 2 aromatic heterocycles. The number of carbonyl (C=O) groups is 2. The highest BCUT2D eigenvalue weighted by molar-refractivity contribution is 6.07. The van der Waals surface area contributed by atoms with Crippen LogP contribution in [0.25, 0.3) is 11.0 Å². The molecule has 13 heteroatoms. The van der Waals surface area contributed by atoms with Crippen molar-refractivity contribution in [2.45, 2.75) is 64.5 Å². The molecule has 3 aromatic rings. The molecule has 1 aliphatic heterocycles. The topological polar surface area (TPSA) is 93.9 Å². The Kier molecular flexibility index (Phi) is 7.70. The van der Waals surface area contributed by atoms with Crippen molar-refractivity contribution in [2.24, 2.45) is 0 Å². The van der Waals surface area contributed by atoms with Gasteiger partial charge in [0.25, 0.3) is 5.91 Å². The lowest BCUT2D eigenvalue weighted by molar-refractivity contribution is -0.196. The average Bonchev–Trinajstić information content (AvgIpc) is 3.17. The number of furan rings is 1. The van der Waals surface area contributed by atoms with Crippen molar-refractivity contribution in [2.75, 3.05) is 13.1 Å². The summed E-state index contributed by atoms with van der Waals surface area (Å²) < 4.78 is 85.2. The second-order valence-electron chi connectivity index (χ2n) is 10.4. The van der Waals surface area contributed by atoms with Crippen LogP contribution in [-0.2, 0) is 17.0 Å². The van der Waals surface area contributed by atoms with E-state index < -0.39 is 46.9 Å². The van der Waals surface area contributed by atoms with Crippen LogP contribution in [0, 0.1) is 6.92 Å². The molecule has 1 aliphatic rings. The fourth-order valence-electron chi connectivity index (χ4n) is 4.40. The van der Waals surface area contributed by atoms with Crippen molar-refractivity contribution >= 4 is 23.0 Å². The zero-order valence-corrected chi connectivity index (χ0v) is 22.2. The third-order valence-electron chi connectivity index (χ3n) is 6.18. The number of carbonyl (C=O) groups excluding carboxylic acids is 2. The monoisotopic (exact) mass is 569 g/mol. The summed E-state index contributed by atoms with van der Waals surface area (Å²) in [6.45, 7) is 7.57. The standard InChI is InChI=1S/C27H28F5N3O5/c1-15-21(23(36)34-16-9-12-35(13-10-16)24(37)40-25(2,3)4)18-14-17(7-8-20(18)38-15)39-27(31,32)19-6-5-11-33-22(19)26(28,29)30/h5-8,11,14,16H,9-10,12-13H2,1-4H3,(H,34,36). The molecule has 0 radical (unpaired) electrons. The number of benzene rings is 1. The number of ether oxygens (including phenoxy) is 2. The van der Waals surface area contributed by atoms with Gasteiger partial charge in [-0.1, -0.05) is 0 Å². The van der Waals surface area contributed by atoms with E-state index in [0.29, 0.717) is 32.0 Å². The number of piperidine rings is 1. The predicted molar refractivity (Wildman–Crippen MR) is 133 cm³/mol. The maximum absolute atomic E-state index is 14.9. The highest BCUT2D eigenvalue weighted by atomic mass is 19.4. The number of rotatable bonds is 5. The van der Waals surface area contributed by atoms with E-state index in [9.17, 15) is 31.5 Å². The van der Waals surface area contributed by atoms with E-state index in [1.165, 1.54) is 13.0 Å². The molecule has 0 spiro atoms. The Hall–Kier alpha value is -3.90. The summed E-state index contributed by atoms with van der Waals surface area (Å²) in [7, 11) is 0. The number of fused-ring (bicyclic) bond motifs is 1. The number of likely N-dealkylation sites (tertiary alicyclic amines) is 1. The third-order valence-corrected chi connectivity index (χ3v) is 6.18. The third kappa shape index (κ3) is 6.45. The minimum atomic E-state index is -5.12. The van der Waals surface area contributed by atoms with Gasteiger partial charge >= 0.3 is 18.4 Å². The lowest BCUT2D eigenvalue weighted by Crippen LogP contribution is -2.47. The normalized spacial score (nSPS) is 15.3. The Morgan fingerprint density at radius 2 is 1.75 bits per heavy atom. The van der Waals surface area contributed by atoms with Crippen LogP contribution in [0.1, 0.15) is 61.0 Å². The second kappa shape index (κ2) is 10.6. The first-order valence-electron chi connectivity index (χ1n) is 12.5. The molecule has 0 bridgehead atoms. The zero-order chi connectivity index (χ0) is 29.5. The first-order valence-corrected chi connectivity index (χ1v) is 12.5. The van der Waals surface area contributed by atoms with Crippen molar-refractivity contribution in [3.05, 3.63) is 59.1 Å². The molecule has 1 saturated heterocycles. The van der Waals surface area contributed by atoms with E-state index in [1.54, 1.807) is 25.7 Å². The zero-order valence-electron chi connectivity index (χ0n) is 22.2. The van der Waals surface area contributed by atoms with Crippen LogP contribution in [-0.4, -0.2) is 46.6 Å². The first kappa shape index (κ1) is 29.1. The number of nitrogens with one attached hydrogen (secondary N) is 1. The Morgan fingerprint density at radius 3 is 2.38 bits per heavy atom. The van der Waals surface area contributed by atoms with Gasteiger partial charge < -0.3 is 24.1 Å². The number of amides is 2. The number of halogens is 5. The smallest absolute Gasteiger partial charge is 0.433 e. The van der Waals surface area contributed by atoms with Gasteiger partial charge in [-0.25, -0.2) is 4.79 Å². The van der Waals surface area contributed by atoms with Crippen molar-refractivity contribution in [3.8, 4) is 5.75 Å². The summed E-state index contributed by atoms with van der Waals surface area (Å²) in [6.07, 6.45) is -8.25.